The molecule has 4 heterocycles. The van der Waals surface area contributed by atoms with Gasteiger partial charge in [0, 0.05) is 44.8 Å². The summed E-state index contributed by atoms with van der Waals surface area (Å²) in [7, 11) is -3.46. The van der Waals surface area contributed by atoms with Crippen molar-refractivity contribution in [3.63, 3.8) is 0 Å². The SMILES string of the molecule is Cc1ccc2c(c1)-c1ccccc1N(c1ccc([Si](c3ccc(N4c5ccccc5-c5ccc(C)cc5-c5ccccc54)cc3)(c3ccc(-c4ccccc4)o3)c3ccc(-c4ccccc4)o3)cc1)c1ccccc1-2. The zero-order valence-electron chi connectivity index (χ0n) is 41.6. The number of anilines is 6. The van der Waals surface area contributed by atoms with Crippen LogP contribution in [-0.4, -0.2) is 8.07 Å². The van der Waals surface area contributed by atoms with Crippen LogP contribution in [0.3, 0.4) is 0 Å². The van der Waals surface area contributed by atoms with Gasteiger partial charge in [-0.3, -0.25) is 0 Å². The van der Waals surface area contributed by atoms with Gasteiger partial charge in [0.15, 0.2) is 0 Å². The van der Waals surface area contributed by atoms with Gasteiger partial charge in [-0.25, -0.2) is 0 Å². The lowest BCUT2D eigenvalue weighted by Crippen LogP contribution is -2.74. The number of hydrogen-bond acceptors (Lipinski definition) is 4. The van der Waals surface area contributed by atoms with E-state index in [-0.39, 0.29) is 0 Å². The van der Waals surface area contributed by atoms with Gasteiger partial charge in [0.05, 0.1) is 22.7 Å². The Balaban J connectivity index is 0.988. The molecule has 0 amide bonds. The van der Waals surface area contributed by atoms with E-state index in [0.29, 0.717) is 0 Å². The molecular formula is C70H50N2O2Si. The zero-order chi connectivity index (χ0) is 50.0. The Morgan fingerprint density at radius 3 is 0.987 bits per heavy atom. The first kappa shape index (κ1) is 44.3. The average Bonchev–Trinajstić information content (AvgIpc) is 4.15. The molecule has 0 N–H and O–H groups in total. The van der Waals surface area contributed by atoms with E-state index in [4.69, 9.17) is 8.83 Å². The molecule has 0 bridgehead atoms. The van der Waals surface area contributed by atoms with Gasteiger partial charge in [-0.1, -0.05) is 205 Å². The molecule has 0 saturated carbocycles. The van der Waals surface area contributed by atoms with Crippen molar-refractivity contribution in [1.82, 2.24) is 0 Å². The molecule has 2 aliphatic rings. The minimum Gasteiger partial charge on any atom is -0.465 e. The average molecular weight is 979 g/mol. The molecule has 0 unspecified atom stereocenters. The third kappa shape index (κ3) is 7.26. The van der Waals surface area contributed by atoms with Crippen LogP contribution < -0.4 is 30.9 Å². The van der Waals surface area contributed by atoms with Gasteiger partial charge in [0.1, 0.15) is 22.3 Å². The predicted octanol–water partition coefficient (Wildman–Crippen LogP) is 16.4. The monoisotopic (exact) mass is 978 g/mol. The fraction of sp³-hybridized carbons (Fsp3) is 0.0286. The molecule has 0 saturated heterocycles. The minimum atomic E-state index is -3.46. The van der Waals surface area contributed by atoms with Crippen molar-refractivity contribution < 1.29 is 8.83 Å². The number of fused-ring (bicyclic) bond motifs is 10. The van der Waals surface area contributed by atoms with E-state index in [2.05, 4.69) is 278 Å². The van der Waals surface area contributed by atoms with Crippen LogP contribution in [0.1, 0.15) is 11.1 Å². The summed E-state index contributed by atoms with van der Waals surface area (Å²) in [5.41, 5.74) is 20.8. The number of hydrogen-bond donors (Lipinski definition) is 0. The number of rotatable bonds is 8. The van der Waals surface area contributed by atoms with Crippen LogP contribution in [0.2, 0.25) is 0 Å². The molecule has 10 aromatic carbocycles. The van der Waals surface area contributed by atoms with Gasteiger partial charge in [-0.05, 0) is 119 Å². The van der Waals surface area contributed by atoms with Crippen LogP contribution in [0, 0.1) is 13.8 Å². The first-order valence-electron chi connectivity index (χ1n) is 25.7. The van der Waals surface area contributed by atoms with E-state index in [1.54, 1.807) is 0 Å². The van der Waals surface area contributed by atoms with Crippen molar-refractivity contribution in [2.24, 2.45) is 0 Å². The van der Waals surface area contributed by atoms with Crippen LogP contribution in [0.4, 0.5) is 34.1 Å². The second-order valence-electron chi connectivity index (χ2n) is 19.7. The molecule has 14 rings (SSSR count). The number of benzene rings is 10. The maximum absolute atomic E-state index is 7.30. The molecule has 0 radical (unpaired) electrons. The predicted molar refractivity (Wildman–Crippen MR) is 313 cm³/mol. The van der Waals surface area contributed by atoms with E-state index >= 15 is 0 Å². The van der Waals surface area contributed by atoms with Gasteiger partial charge in [0.2, 0.25) is 0 Å². The highest BCUT2D eigenvalue weighted by molar-refractivity contribution is 7.18. The summed E-state index contributed by atoms with van der Waals surface area (Å²) in [6.45, 7) is 4.35. The van der Waals surface area contributed by atoms with E-state index in [1.807, 2.05) is 12.1 Å². The van der Waals surface area contributed by atoms with E-state index in [9.17, 15) is 0 Å². The highest BCUT2D eigenvalue weighted by Crippen LogP contribution is 2.52. The molecule has 2 aliphatic heterocycles. The number of para-hydroxylation sites is 4. The lowest BCUT2D eigenvalue weighted by Gasteiger charge is -2.32. The van der Waals surface area contributed by atoms with Crippen molar-refractivity contribution in [2.45, 2.75) is 13.8 Å². The van der Waals surface area contributed by atoms with E-state index < -0.39 is 8.07 Å². The summed E-state index contributed by atoms with van der Waals surface area (Å²) in [5.74, 6) is 1.62. The molecule has 75 heavy (non-hydrogen) atoms. The molecular weight excluding hydrogens is 929 g/mol. The summed E-state index contributed by atoms with van der Waals surface area (Å²) in [6, 6.07) is 96.9. The molecule has 0 atom stereocenters. The molecule has 0 spiro atoms. The summed E-state index contributed by atoms with van der Waals surface area (Å²) in [5, 5.41) is 4.02. The Hall–Kier alpha value is -9.42. The van der Waals surface area contributed by atoms with Gasteiger partial charge < -0.3 is 18.6 Å². The molecule has 0 aliphatic carbocycles. The zero-order valence-corrected chi connectivity index (χ0v) is 42.6. The Morgan fingerprint density at radius 1 is 0.280 bits per heavy atom. The third-order valence-corrected chi connectivity index (χ3v) is 19.7. The fourth-order valence-electron chi connectivity index (χ4n) is 11.8. The molecule has 12 aromatic rings. The highest BCUT2D eigenvalue weighted by Gasteiger charge is 2.48. The first-order valence-corrected chi connectivity index (χ1v) is 27.7. The van der Waals surface area contributed by atoms with Gasteiger partial charge in [-0.2, -0.15) is 0 Å². The quantitative estimate of drug-likeness (QED) is 0.142. The van der Waals surface area contributed by atoms with Crippen LogP contribution in [-0.2, 0) is 0 Å². The molecule has 4 nitrogen and oxygen atoms in total. The smallest absolute Gasteiger partial charge is 0.265 e. The van der Waals surface area contributed by atoms with E-state index in [0.717, 1.165) is 77.9 Å². The Morgan fingerprint density at radius 2 is 0.613 bits per heavy atom. The van der Waals surface area contributed by atoms with Crippen molar-refractivity contribution in [3.05, 3.63) is 278 Å². The molecule has 2 aromatic heterocycles. The highest BCUT2D eigenvalue weighted by atomic mass is 28.3. The molecule has 5 heteroatoms. The van der Waals surface area contributed by atoms with Crippen molar-refractivity contribution in [2.75, 3.05) is 9.80 Å². The van der Waals surface area contributed by atoms with E-state index in [1.165, 1.54) is 55.6 Å². The van der Waals surface area contributed by atoms with Crippen LogP contribution >= 0.6 is 0 Å². The summed E-state index contributed by atoms with van der Waals surface area (Å²) >= 11 is 0. The lowest BCUT2D eigenvalue weighted by molar-refractivity contribution is 0.601. The van der Waals surface area contributed by atoms with Crippen LogP contribution in [0.15, 0.2) is 276 Å². The summed E-state index contributed by atoms with van der Waals surface area (Å²) in [4.78, 5) is 4.86. The fourth-order valence-corrected chi connectivity index (χ4v) is 16.0. The Kier molecular flexibility index (Phi) is 10.6. The van der Waals surface area contributed by atoms with Crippen molar-refractivity contribution >= 4 is 63.3 Å². The minimum absolute atomic E-state index is 0.811. The maximum Gasteiger partial charge on any atom is 0.265 e. The number of nitrogens with zero attached hydrogens (tertiary/aromatic N) is 2. The lowest BCUT2D eigenvalue weighted by atomic mass is 9.93. The number of furan rings is 2. The van der Waals surface area contributed by atoms with Crippen LogP contribution in [0.5, 0.6) is 0 Å². The Labute approximate surface area is 438 Å². The maximum atomic E-state index is 7.30. The first-order chi connectivity index (χ1) is 37.0. The molecule has 356 valence electrons. The van der Waals surface area contributed by atoms with Crippen LogP contribution in [0.25, 0.3) is 67.2 Å². The Bertz CT molecular complexity index is 3830. The van der Waals surface area contributed by atoms with Gasteiger partial charge in [0.25, 0.3) is 8.07 Å². The van der Waals surface area contributed by atoms with Crippen molar-refractivity contribution in [1.29, 1.82) is 0 Å². The summed E-state index contributed by atoms with van der Waals surface area (Å²) in [6.07, 6.45) is 0. The summed E-state index contributed by atoms with van der Waals surface area (Å²) < 4.78 is 14.6. The third-order valence-electron chi connectivity index (χ3n) is 15.3. The largest absolute Gasteiger partial charge is 0.465 e. The van der Waals surface area contributed by atoms with Gasteiger partial charge >= 0.3 is 0 Å². The normalized spacial score (nSPS) is 12.3. The number of aryl methyl sites for hydroxylation is 2. The second-order valence-corrected chi connectivity index (χ2v) is 23.4. The topological polar surface area (TPSA) is 32.8 Å². The molecule has 0 fully saturated rings. The second kappa shape index (κ2) is 18.0. The van der Waals surface area contributed by atoms with Crippen molar-refractivity contribution in [3.8, 4) is 67.2 Å². The standard InChI is InChI=1S/C70H50N2O2Si/c1-47-29-39-55-57-21-9-13-25-63(57)71(65-27-15-11-23-59(65)61(55)45-47)51-31-35-53(36-32-51)75(69-43-41-67(73-69)49-17-5-3-6-18-49,70-44-42-68(74-70)50-19-7-4-8-20-50)54-37-33-52(34-38-54)72-64-26-14-10-22-58(64)56-40-30-48(2)46-62(56)60-24-12-16-28-66(60)72/h3-46H,1-2H3. The van der Waals surface area contributed by atoms with Gasteiger partial charge in [-0.15, -0.1) is 0 Å².